The first kappa shape index (κ1) is 17.4. The Bertz CT molecular complexity index is 883. The highest BCUT2D eigenvalue weighted by atomic mass is 35.5. The SMILES string of the molecule is CCc1ccccc1NC(=O)CSc1nnnn1-c1cccc(Cl)c1. The molecule has 128 valence electrons. The maximum atomic E-state index is 12.2. The largest absolute Gasteiger partial charge is 0.325 e. The van der Waals surface area contributed by atoms with Gasteiger partial charge in [0.2, 0.25) is 11.1 Å². The third kappa shape index (κ3) is 4.37. The van der Waals surface area contributed by atoms with E-state index in [1.165, 1.54) is 11.8 Å². The average molecular weight is 374 g/mol. The van der Waals surface area contributed by atoms with Gasteiger partial charge < -0.3 is 5.32 Å². The maximum absolute atomic E-state index is 12.2. The van der Waals surface area contributed by atoms with Crippen LogP contribution < -0.4 is 5.32 Å². The summed E-state index contributed by atoms with van der Waals surface area (Å²) < 4.78 is 1.56. The van der Waals surface area contributed by atoms with Crippen LogP contribution in [0.4, 0.5) is 5.69 Å². The third-order valence-electron chi connectivity index (χ3n) is 3.50. The number of aromatic nitrogens is 4. The zero-order valence-corrected chi connectivity index (χ0v) is 15.1. The number of carbonyl (C=O) groups is 1. The minimum absolute atomic E-state index is 0.105. The molecule has 0 unspecified atom stereocenters. The Morgan fingerprint density at radius 2 is 2.08 bits per heavy atom. The molecule has 1 heterocycles. The highest BCUT2D eigenvalue weighted by Gasteiger charge is 2.12. The summed E-state index contributed by atoms with van der Waals surface area (Å²) in [7, 11) is 0. The van der Waals surface area contributed by atoms with Crippen LogP contribution in [0.5, 0.6) is 0 Å². The van der Waals surface area contributed by atoms with Crippen LogP contribution in [0.1, 0.15) is 12.5 Å². The van der Waals surface area contributed by atoms with Crippen LogP contribution in [-0.2, 0) is 11.2 Å². The number of carbonyl (C=O) groups excluding carboxylic acids is 1. The predicted molar refractivity (Wildman–Crippen MR) is 99.3 cm³/mol. The fourth-order valence-corrected chi connectivity index (χ4v) is 3.18. The van der Waals surface area contributed by atoms with Crippen LogP contribution in [-0.4, -0.2) is 31.9 Å². The smallest absolute Gasteiger partial charge is 0.234 e. The Kier molecular flexibility index (Phi) is 5.67. The van der Waals surface area contributed by atoms with E-state index in [0.29, 0.717) is 10.2 Å². The van der Waals surface area contributed by atoms with Gasteiger partial charge in [0, 0.05) is 10.7 Å². The van der Waals surface area contributed by atoms with Gasteiger partial charge in [0.1, 0.15) is 0 Å². The fourth-order valence-electron chi connectivity index (χ4n) is 2.31. The molecule has 1 N–H and O–H groups in total. The van der Waals surface area contributed by atoms with Crippen molar-refractivity contribution in [1.29, 1.82) is 0 Å². The molecule has 3 aromatic rings. The lowest BCUT2D eigenvalue weighted by Gasteiger charge is -2.09. The van der Waals surface area contributed by atoms with Gasteiger partial charge in [-0.1, -0.05) is 54.6 Å². The summed E-state index contributed by atoms with van der Waals surface area (Å²) in [5.74, 6) is 0.102. The molecule has 0 bridgehead atoms. The molecule has 0 saturated carbocycles. The molecule has 0 saturated heterocycles. The highest BCUT2D eigenvalue weighted by molar-refractivity contribution is 7.99. The molecule has 0 aliphatic rings. The number of nitrogens with one attached hydrogen (secondary N) is 1. The van der Waals surface area contributed by atoms with Gasteiger partial charge in [0.15, 0.2) is 0 Å². The van der Waals surface area contributed by atoms with Crippen LogP contribution in [0, 0.1) is 0 Å². The highest BCUT2D eigenvalue weighted by Crippen LogP contribution is 2.21. The van der Waals surface area contributed by atoms with Crippen molar-refractivity contribution in [3.8, 4) is 5.69 Å². The van der Waals surface area contributed by atoms with Crippen LogP contribution in [0.2, 0.25) is 5.02 Å². The number of hydrogen-bond donors (Lipinski definition) is 1. The lowest BCUT2D eigenvalue weighted by molar-refractivity contribution is -0.113. The van der Waals surface area contributed by atoms with Gasteiger partial charge in [-0.2, -0.15) is 4.68 Å². The summed E-state index contributed by atoms with van der Waals surface area (Å²) in [5, 5.41) is 15.7. The number of rotatable bonds is 6. The van der Waals surface area contributed by atoms with Crippen molar-refractivity contribution in [3.63, 3.8) is 0 Å². The van der Waals surface area contributed by atoms with Gasteiger partial charge >= 0.3 is 0 Å². The summed E-state index contributed by atoms with van der Waals surface area (Å²) >= 11 is 7.27. The number of benzene rings is 2. The molecular weight excluding hydrogens is 358 g/mol. The molecule has 3 rings (SSSR count). The van der Waals surface area contributed by atoms with Crippen LogP contribution >= 0.6 is 23.4 Å². The molecule has 0 aliphatic heterocycles. The molecule has 0 radical (unpaired) electrons. The van der Waals surface area contributed by atoms with Crippen molar-refractivity contribution in [2.75, 3.05) is 11.1 Å². The first-order chi connectivity index (χ1) is 12.2. The van der Waals surface area contributed by atoms with Crippen molar-refractivity contribution >= 4 is 35.0 Å². The van der Waals surface area contributed by atoms with E-state index in [9.17, 15) is 4.79 Å². The first-order valence-electron chi connectivity index (χ1n) is 7.72. The predicted octanol–water partition coefficient (Wildman–Crippen LogP) is 3.61. The Labute approximate surface area is 154 Å². The minimum atomic E-state index is -0.105. The molecule has 25 heavy (non-hydrogen) atoms. The standard InChI is InChI=1S/C17H16ClN5OS/c1-2-12-6-3-4-9-15(12)19-16(24)11-25-17-20-21-22-23(17)14-8-5-7-13(18)10-14/h3-10H,2,11H2,1H3,(H,19,24). The molecule has 0 aliphatic carbocycles. The number of hydrogen-bond acceptors (Lipinski definition) is 5. The Morgan fingerprint density at radius 3 is 2.88 bits per heavy atom. The van der Waals surface area contributed by atoms with E-state index >= 15 is 0 Å². The summed E-state index contributed by atoms with van der Waals surface area (Å²) in [5.41, 5.74) is 2.69. The van der Waals surface area contributed by atoms with Crippen LogP contribution in [0.3, 0.4) is 0 Å². The zero-order valence-electron chi connectivity index (χ0n) is 13.5. The zero-order chi connectivity index (χ0) is 17.6. The van der Waals surface area contributed by atoms with E-state index in [4.69, 9.17) is 11.6 Å². The van der Waals surface area contributed by atoms with Gasteiger partial charge in [0.25, 0.3) is 0 Å². The number of para-hydroxylation sites is 1. The quantitative estimate of drug-likeness (QED) is 0.668. The molecule has 0 atom stereocenters. The molecule has 1 aromatic heterocycles. The van der Waals surface area contributed by atoms with E-state index in [0.717, 1.165) is 23.4 Å². The van der Waals surface area contributed by atoms with Crippen molar-refractivity contribution in [2.45, 2.75) is 18.5 Å². The van der Waals surface area contributed by atoms with Gasteiger partial charge in [-0.15, -0.1) is 5.10 Å². The molecular formula is C17H16ClN5OS. The molecule has 0 fully saturated rings. The molecule has 0 spiro atoms. The van der Waals surface area contributed by atoms with Gasteiger partial charge in [-0.25, -0.2) is 0 Å². The number of aryl methyl sites for hydroxylation is 1. The number of thioether (sulfide) groups is 1. The second kappa shape index (κ2) is 8.13. The number of anilines is 1. The van der Waals surface area contributed by atoms with E-state index < -0.39 is 0 Å². The Morgan fingerprint density at radius 1 is 1.24 bits per heavy atom. The number of amides is 1. The van der Waals surface area contributed by atoms with E-state index in [1.54, 1.807) is 16.8 Å². The minimum Gasteiger partial charge on any atom is -0.325 e. The summed E-state index contributed by atoms with van der Waals surface area (Å²) in [6.45, 7) is 2.05. The Balaban J connectivity index is 1.66. The number of nitrogens with zero attached hydrogens (tertiary/aromatic N) is 4. The summed E-state index contributed by atoms with van der Waals surface area (Å²) in [6.07, 6.45) is 0.858. The molecule has 1 amide bonds. The first-order valence-corrected chi connectivity index (χ1v) is 9.08. The second-order valence-electron chi connectivity index (χ2n) is 5.20. The van der Waals surface area contributed by atoms with Gasteiger partial charge in [-0.05, 0) is 46.7 Å². The van der Waals surface area contributed by atoms with E-state index in [2.05, 4.69) is 27.8 Å². The maximum Gasteiger partial charge on any atom is 0.234 e. The lowest BCUT2D eigenvalue weighted by atomic mass is 10.1. The lowest BCUT2D eigenvalue weighted by Crippen LogP contribution is -2.15. The van der Waals surface area contributed by atoms with Crippen LogP contribution in [0.25, 0.3) is 5.69 Å². The van der Waals surface area contributed by atoms with Crippen LogP contribution in [0.15, 0.2) is 53.7 Å². The molecule has 6 nitrogen and oxygen atoms in total. The number of tetrazole rings is 1. The van der Waals surface area contributed by atoms with E-state index in [1.807, 2.05) is 36.4 Å². The third-order valence-corrected chi connectivity index (χ3v) is 4.65. The normalized spacial score (nSPS) is 10.6. The molecule has 8 heteroatoms. The average Bonchev–Trinajstić information content (AvgIpc) is 3.09. The van der Waals surface area contributed by atoms with Crippen molar-refractivity contribution < 1.29 is 4.79 Å². The number of halogens is 1. The van der Waals surface area contributed by atoms with Crippen molar-refractivity contribution in [2.24, 2.45) is 0 Å². The van der Waals surface area contributed by atoms with Gasteiger partial charge in [0.05, 0.1) is 11.4 Å². The monoisotopic (exact) mass is 373 g/mol. The topological polar surface area (TPSA) is 72.7 Å². The van der Waals surface area contributed by atoms with Gasteiger partial charge in [-0.3, -0.25) is 4.79 Å². The van der Waals surface area contributed by atoms with Crippen molar-refractivity contribution in [3.05, 3.63) is 59.1 Å². The van der Waals surface area contributed by atoms with E-state index in [-0.39, 0.29) is 11.7 Å². The second-order valence-corrected chi connectivity index (χ2v) is 6.58. The summed E-state index contributed by atoms with van der Waals surface area (Å²) in [6, 6.07) is 15.0. The van der Waals surface area contributed by atoms with Crippen molar-refractivity contribution in [1.82, 2.24) is 20.2 Å². The molecule has 2 aromatic carbocycles. The summed E-state index contributed by atoms with van der Waals surface area (Å²) in [4.78, 5) is 12.2. The fraction of sp³-hybridized carbons (Fsp3) is 0.176. The Hall–Kier alpha value is -2.38.